The Morgan fingerprint density at radius 3 is 2.41 bits per heavy atom. The van der Waals surface area contributed by atoms with Gasteiger partial charge in [-0.1, -0.05) is 26.7 Å². The molecular weight excluding hydrogens is 389 g/mol. The summed E-state index contributed by atoms with van der Waals surface area (Å²) in [5.74, 6) is 2.81. The fraction of sp³-hybridized carbons (Fsp3) is 0.941. The monoisotopic (exact) mass is 423 g/mol. The first-order valence-electron chi connectivity index (χ1n) is 8.59. The van der Waals surface area contributed by atoms with Crippen LogP contribution in [0.1, 0.15) is 46.5 Å². The number of rotatable bonds is 5. The van der Waals surface area contributed by atoms with Gasteiger partial charge in [-0.2, -0.15) is 0 Å². The van der Waals surface area contributed by atoms with E-state index in [1.54, 1.807) is 0 Å². The van der Waals surface area contributed by atoms with E-state index < -0.39 is 0 Å². The summed E-state index contributed by atoms with van der Waals surface area (Å²) in [7, 11) is 2.18. The molecule has 1 saturated carbocycles. The second-order valence-corrected chi connectivity index (χ2v) is 7.48. The van der Waals surface area contributed by atoms with Crippen LogP contribution >= 0.6 is 24.0 Å². The normalized spacial score (nSPS) is 27.5. The highest BCUT2D eigenvalue weighted by atomic mass is 127. The zero-order valence-electron chi connectivity index (χ0n) is 14.7. The van der Waals surface area contributed by atoms with E-state index in [2.05, 4.69) is 38.0 Å². The molecule has 0 aromatic heterocycles. The molecule has 0 radical (unpaired) electrons. The molecule has 130 valence electrons. The van der Waals surface area contributed by atoms with Gasteiger partial charge in [0.1, 0.15) is 0 Å². The molecule has 22 heavy (non-hydrogen) atoms. The molecule has 0 atom stereocenters. The predicted molar refractivity (Wildman–Crippen MR) is 104 cm³/mol. The number of nitrogens with zero attached hydrogens (tertiary/aromatic N) is 2. The third-order valence-corrected chi connectivity index (χ3v) is 4.88. The Hall–Kier alpha value is -0.0400. The molecule has 1 N–H and O–H groups in total. The number of halogens is 1. The minimum atomic E-state index is 0. The number of hydrogen-bond acceptors (Lipinski definition) is 2. The van der Waals surface area contributed by atoms with Crippen LogP contribution in [0.15, 0.2) is 4.99 Å². The van der Waals surface area contributed by atoms with E-state index in [1.165, 1.54) is 25.7 Å². The van der Waals surface area contributed by atoms with E-state index in [9.17, 15) is 0 Å². The average molecular weight is 423 g/mol. The van der Waals surface area contributed by atoms with E-state index in [0.717, 1.165) is 50.6 Å². The van der Waals surface area contributed by atoms with Crippen LogP contribution in [0.2, 0.25) is 0 Å². The van der Waals surface area contributed by atoms with Gasteiger partial charge in [-0.15, -0.1) is 24.0 Å². The van der Waals surface area contributed by atoms with Gasteiger partial charge in [-0.05, 0) is 31.6 Å². The highest BCUT2D eigenvalue weighted by molar-refractivity contribution is 14.0. The Morgan fingerprint density at radius 1 is 1.27 bits per heavy atom. The molecule has 0 amide bonds. The van der Waals surface area contributed by atoms with Crippen LogP contribution in [-0.4, -0.2) is 50.8 Å². The van der Waals surface area contributed by atoms with E-state index in [-0.39, 0.29) is 29.4 Å². The molecule has 4 nitrogen and oxygen atoms in total. The van der Waals surface area contributed by atoms with Crippen molar-refractivity contribution >= 4 is 29.9 Å². The lowest BCUT2D eigenvalue weighted by molar-refractivity contribution is -0.0946. The van der Waals surface area contributed by atoms with Gasteiger partial charge < -0.3 is 15.0 Å². The third kappa shape index (κ3) is 5.87. The van der Waals surface area contributed by atoms with Crippen molar-refractivity contribution in [3.63, 3.8) is 0 Å². The Bertz CT molecular complexity index is 350. The standard InChI is InChI=1S/C17H33N3O.HI/c1-5-18-16(19-11-17(3)12-21-13-17)20(4)10-15-8-6-14(2)7-9-15;/h14-15H,5-13H2,1-4H3,(H,18,19);1H. The highest BCUT2D eigenvalue weighted by Gasteiger charge is 2.33. The van der Waals surface area contributed by atoms with Crippen LogP contribution in [0.25, 0.3) is 0 Å². The lowest BCUT2D eigenvalue weighted by atomic mass is 9.83. The van der Waals surface area contributed by atoms with E-state index in [1.807, 2.05) is 0 Å². The van der Waals surface area contributed by atoms with E-state index in [4.69, 9.17) is 9.73 Å². The number of nitrogens with one attached hydrogen (secondary N) is 1. The van der Waals surface area contributed by atoms with Gasteiger partial charge in [0.25, 0.3) is 0 Å². The van der Waals surface area contributed by atoms with Gasteiger partial charge >= 0.3 is 0 Å². The summed E-state index contributed by atoms with van der Waals surface area (Å²) < 4.78 is 5.32. The van der Waals surface area contributed by atoms with Crippen molar-refractivity contribution in [3.8, 4) is 0 Å². The second kappa shape index (κ2) is 9.30. The summed E-state index contributed by atoms with van der Waals surface area (Å²) in [6.45, 7) is 11.4. The Morgan fingerprint density at radius 2 is 1.91 bits per heavy atom. The Balaban J connectivity index is 0.00000242. The summed E-state index contributed by atoms with van der Waals surface area (Å²) in [4.78, 5) is 7.17. The molecule has 0 aromatic rings. The quantitative estimate of drug-likeness (QED) is 0.419. The number of aliphatic imine (C=N–C) groups is 1. The summed E-state index contributed by atoms with van der Waals surface area (Å²) >= 11 is 0. The molecule has 5 heteroatoms. The Kier molecular flexibility index (Phi) is 8.46. The fourth-order valence-electron chi connectivity index (χ4n) is 3.26. The van der Waals surface area contributed by atoms with Crippen molar-refractivity contribution < 1.29 is 4.74 Å². The molecule has 2 rings (SSSR count). The van der Waals surface area contributed by atoms with Crippen molar-refractivity contribution in [1.82, 2.24) is 10.2 Å². The van der Waals surface area contributed by atoms with Gasteiger partial charge in [0.2, 0.25) is 0 Å². The molecule has 0 aromatic carbocycles. The van der Waals surface area contributed by atoms with E-state index >= 15 is 0 Å². The minimum absolute atomic E-state index is 0. The van der Waals surface area contributed by atoms with Crippen molar-refractivity contribution in [2.24, 2.45) is 22.2 Å². The largest absolute Gasteiger partial charge is 0.380 e. The first-order chi connectivity index (χ1) is 10.0. The summed E-state index contributed by atoms with van der Waals surface area (Å²) in [6, 6.07) is 0. The molecule has 0 bridgehead atoms. The third-order valence-electron chi connectivity index (χ3n) is 4.88. The molecule has 0 spiro atoms. The summed E-state index contributed by atoms with van der Waals surface area (Å²) in [5, 5.41) is 3.44. The molecule has 1 aliphatic carbocycles. The maximum atomic E-state index is 5.32. The lowest BCUT2D eigenvalue weighted by Crippen LogP contribution is -2.45. The molecule has 1 heterocycles. The molecule has 2 fully saturated rings. The first-order valence-corrected chi connectivity index (χ1v) is 8.59. The smallest absolute Gasteiger partial charge is 0.193 e. The highest BCUT2D eigenvalue weighted by Crippen LogP contribution is 2.29. The first kappa shape index (κ1) is 20.0. The predicted octanol–water partition coefficient (Wildman–Crippen LogP) is 3.36. The van der Waals surface area contributed by atoms with Crippen LogP contribution in [0, 0.1) is 17.3 Å². The average Bonchev–Trinajstić information content (AvgIpc) is 2.43. The number of ether oxygens (including phenoxy) is 1. The molecular formula is C17H34IN3O. The summed E-state index contributed by atoms with van der Waals surface area (Å²) in [6.07, 6.45) is 5.52. The fourth-order valence-corrected chi connectivity index (χ4v) is 3.26. The molecule has 2 aliphatic rings. The molecule has 0 unspecified atom stereocenters. The molecule has 1 saturated heterocycles. The number of guanidine groups is 1. The Labute approximate surface area is 153 Å². The van der Waals surface area contributed by atoms with Gasteiger partial charge in [-0.3, -0.25) is 4.99 Å². The van der Waals surface area contributed by atoms with Crippen LogP contribution in [-0.2, 0) is 4.74 Å². The molecule has 1 aliphatic heterocycles. The number of hydrogen-bond donors (Lipinski definition) is 1. The van der Waals surface area contributed by atoms with Gasteiger partial charge in [0.15, 0.2) is 5.96 Å². The van der Waals surface area contributed by atoms with Gasteiger partial charge in [0, 0.05) is 25.6 Å². The summed E-state index contributed by atoms with van der Waals surface area (Å²) in [5.41, 5.74) is 0.252. The zero-order valence-corrected chi connectivity index (χ0v) is 17.1. The van der Waals surface area contributed by atoms with Crippen molar-refractivity contribution in [2.75, 3.05) is 39.9 Å². The van der Waals surface area contributed by atoms with Gasteiger partial charge in [0.05, 0.1) is 19.8 Å². The second-order valence-electron chi connectivity index (χ2n) is 7.48. The van der Waals surface area contributed by atoms with Crippen LogP contribution in [0.3, 0.4) is 0 Å². The van der Waals surface area contributed by atoms with Crippen molar-refractivity contribution in [2.45, 2.75) is 46.5 Å². The lowest BCUT2D eigenvalue weighted by Gasteiger charge is -2.37. The van der Waals surface area contributed by atoms with Crippen LogP contribution in [0.4, 0.5) is 0 Å². The van der Waals surface area contributed by atoms with Crippen LogP contribution < -0.4 is 5.32 Å². The maximum Gasteiger partial charge on any atom is 0.193 e. The minimum Gasteiger partial charge on any atom is -0.380 e. The van der Waals surface area contributed by atoms with Crippen LogP contribution in [0.5, 0.6) is 0 Å². The van der Waals surface area contributed by atoms with Crippen molar-refractivity contribution in [3.05, 3.63) is 0 Å². The van der Waals surface area contributed by atoms with Gasteiger partial charge in [-0.25, -0.2) is 0 Å². The zero-order chi connectivity index (χ0) is 15.3. The van der Waals surface area contributed by atoms with E-state index in [0.29, 0.717) is 0 Å². The van der Waals surface area contributed by atoms with Crippen molar-refractivity contribution in [1.29, 1.82) is 0 Å². The topological polar surface area (TPSA) is 36.9 Å². The SMILES string of the molecule is CCNC(=NCC1(C)COC1)N(C)CC1CCC(C)CC1.I. The maximum absolute atomic E-state index is 5.32.